The summed E-state index contributed by atoms with van der Waals surface area (Å²) < 4.78 is 0.810. The third-order valence-corrected chi connectivity index (χ3v) is 2.20. The van der Waals surface area contributed by atoms with Gasteiger partial charge in [-0.3, -0.25) is 4.59 Å². The van der Waals surface area contributed by atoms with Gasteiger partial charge in [0.2, 0.25) is 0 Å². The predicted molar refractivity (Wildman–Crippen MR) is 56.2 cm³/mol. The molecule has 0 aliphatic carbocycles. The third-order valence-electron chi connectivity index (χ3n) is 2.20. The molecule has 13 heavy (non-hydrogen) atoms. The first kappa shape index (κ1) is 12.9. The summed E-state index contributed by atoms with van der Waals surface area (Å²) in [7, 11) is 4.28. The minimum atomic E-state index is 0.290. The average Bonchev–Trinajstić information content (AvgIpc) is 2.09. The zero-order valence-electron chi connectivity index (χ0n) is 9.34. The van der Waals surface area contributed by atoms with E-state index in [1.165, 1.54) is 19.3 Å². The number of aliphatic hydroxyl groups is 1. The molecule has 0 rings (SSSR count). The molecule has 0 aliphatic heterocycles. The van der Waals surface area contributed by atoms with E-state index >= 15 is 0 Å². The molecule has 0 aromatic carbocycles. The van der Waals surface area contributed by atoms with Gasteiger partial charge in [-0.15, -0.1) is 0 Å². The lowest BCUT2D eigenvalue weighted by Crippen LogP contribution is -2.52. The second-order valence-corrected chi connectivity index (χ2v) is 4.10. The molecule has 0 fully saturated rings. The van der Waals surface area contributed by atoms with Crippen LogP contribution in [0.3, 0.4) is 0 Å². The number of quaternary nitrogens is 1. The molecule has 0 saturated carbocycles. The van der Waals surface area contributed by atoms with Crippen molar-refractivity contribution < 1.29 is 9.70 Å². The summed E-state index contributed by atoms with van der Waals surface area (Å²) in [5, 5.41) is 8.70. The Morgan fingerprint density at radius 2 is 1.85 bits per heavy atom. The second kappa shape index (κ2) is 7.30. The summed E-state index contributed by atoms with van der Waals surface area (Å²) in [6.07, 6.45) is 4.68. The molecule has 0 radical (unpaired) electrons. The highest BCUT2D eigenvalue weighted by molar-refractivity contribution is 4.39. The van der Waals surface area contributed by atoms with E-state index < -0.39 is 0 Å². The summed E-state index contributed by atoms with van der Waals surface area (Å²) >= 11 is 0. The van der Waals surface area contributed by atoms with Crippen molar-refractivity contribution in [3.63, 3.8) is 0 Å². The minimum absolute atomic E-state index is 0.290. The van der Waals surface area contributed by atoms with E-state index in [-0.39, 0.29) is 0 Å². The molecular formula is C10H25N2O+. The maximum Gasteiger partial charge on any atom is 0.0980 e. The third kappa shape index (κ3) is 8.22. The Hall–Kier alpha value is -0.120. The van der Waals surface area contributed by atoms with Gasteiger partial charge in [0.05, 0.1) is 20.6 Å². The van der Waals surface area contributed by atoms with Crippen molar-refractivity contribution >= 4 is 0 Å². The van der Waals surface area contributed by atoms with Crippen molar-refractivity contribution in [2.45, 2.75) is 32.6 Å². The van der Waals surface area contributed by atoms with Gasteiger partial charge in [0, 0.05) is 19.6 Å². The Balaban J connectivity index is 3.39. The van der Waals surface area contributed by atoms with E-state index in [1.54, 1.807) is 0 Å². The van der Waals surface area contributed by atoms with E-state index in [4.69, 9.17) is 5.11 Å². The zero-order chi connectivity index (χ0) is 10.2. The van der Waals surface area contributed by atoms with Crippen LogP contribution >= 0.6 is 0 Å². The van der Waals surface area contributed by atoms with Gasteiger partial charge in [0.25, 0.3) is 0 Å². The number of unbranched alkanes of at least 4 members (excludes halogenated alkanes) is 2. The van der Waals surface area contributed by atoms with Gasteiger partial charge in [-0.25, -0.2) is 0 Å². The minimum Gasteiger partial charge on any atom is -0.396 e. The van der Waals surface area contributed by atoms with Gasteiger partial charge in [0.1, 0.15) is 0 Å². The van der Waals surface area contributed by atoms with Crippen LogP contribution in [0.5, 0.6) is 0 Å². The maximum absolute atomic E-state index is 8.70. The van der Waals surface area contributed by atoms with Crippen molar-refractivity contribution in [1.82, 2.24) is 5.43 Å². The zero-order valence-corrected chi connectivity index (χ0v) is 9.34. The van der Waals surface area contributed by atoms with Crippen LogP contribution in [0.4, 0.5) is 0 Å². The van der Waals surface area contributed by atoms with Crippen LogP contribution in [0.15, 0.2) is 0 Å². The van der Waals surface area contributed by atoms with Crippen molar-refractivity contribution in [2.75, 3.05) is 33.8 Å². The highest BCUT2D eigenvalue weighted by Crippen LogP contribution is 1.96. The lowest BCUT2D eigenvalue weighted by Gasteiger charge is -2.29. The number of nitrogens with one attached hydrogen (secondary N) is 1. The van der Waals surface area contributed by atoms with Gasteiger partial charge in [-0.05, 0) is 6.42 Å². The topological polar surface area (TPSA) is 32.3 Å². The summed E-state index contributed by atoms with van der Waals surface area (Å²) in [6, 6.07) is 0. The molecule has 0 heterocycles. The monoisotopic (exact) mass is 189 g/mol. The largest absolute Gasteiger partial charge is 0.396 e. The Labute approximate surface area is 82.3 Å². The van der Waals surface area contributed by atoms with Gasteiger partial charge in [-0.2, -0.15) is 5.43 Å². The normalized spacial score (nSPS) is 12.0. The molecule has 0 aromatic rings. The van der Waals surface area contributed by atoms with E-state index in [1.807, 2.05) is 0 Å². The Morgan fingerprint density at radius 1 is 1.15 bits per heavy atom. The van der Waals surface area contributed by atoms with Crippen molar-refractivity contribution in [3.8, 4) is 0 Å². The van der Waals surface area contributed by atoms with Crippen LogP contribution < -0.4 is 5.43 Å². The van der Waals surface area contributed by atoms with E-state index in [0.29, 0.717) is 6.61 Å². The molecule has 0 aliphatic rings. The highest BCUT2D eigenvalue weighted by atomic mass is 16.3. The molecular weight excluding hydrogens is 164 g/mol. The van der Waals surface area contributed by atoms with Crippen LogP contribution in [0.2, 0.25) is 0 Å². The fraction of sp³-hybridized carbons (Fsp3) is 1.00. The Morgan fingerprint density at radius 3 is 2.38 bits per heavy atom. The molecule has 3 nitrogen and oxygen atoms in total. The van der Waals surface area contributed by atoms with Crippen LogP contribution in [-0.2, 0) is 0 Å². The van der Waals surface area contributed by atoms with Crippen molar-refractivity contribution in [2.24, 2.45) is 0 Å². The van der Waals surface area contributed by atoms with Crippen LogP contribution in [-0.4, -0.2) is 43.5 Å². The molecule has 80 valence electrons. The number of nitrogens with zero attached hydrogens (tertiary/aromatic N) is 1. The smallest absolute Gasteiger partial charge is 0.0980 e. The second-order valence-electron chi connectivity index (χ2n) is 4.10. The quantitative estimate of drug-likeness (QED) is 0.341. The van der Waals surface area contributed by atoms with E-state index in [2.05, 4.69) is 26.4 Å². The fourth-order valence-corrected chi connectivity index (χ4v) is 1.30. The molecule has 0 amide bonds. The van der Waals surface area contributed by atoms with Gasteiger partial charge >= 0.3 is 0 Å². The highest BCUT2D eigenvalue weighted by Gasteiger charge is 2.12. The summed E-state index contributed by atoms with van der Waals surface area (Å²) in [6.45, 7) is 4.57. The van der Waals surface area contributed by atoms with Crippen LogP contribution in [0.25, 0.3) is 0 Å². The molecule has 3 heteroatoms. The molecule has 0 unspecified atom stereocenters. The van der Waals surface area contributed by atoms with Crippen molar-refractivity contribution in [1.29, 1.82) is 0 Å². The number of hydrogen-bond acceptors (Lipinski definition) is 2. The van der Waals surface area contributed by atoms with Crippen molar-refractivity contribution in [3.05, 3.63) is 0 Å². The maximum atomic E-state index is 8.70. The lowest BCUT2D eigenvalue weighted by molar-refractivity contribution is -0.934. The fourth-order valence-electron chi connectivity index (χ4n) is 1.30. The first-order valence-electron chi connectivity index (χ1n) is 5.31. The molecule has 0 atom stereocenters. The Kier molecular flexibility index (Phi) is 7.23. The average molecular weight is 189 g/mol. The first-order valence-corrected chi connectivity index (χ1v) is 5.31. The first-order chi connectivity index (χ1) is 6.12. The summed E-state index contributed by atoms with van der Waals surface area (Å²) in [4.78, 5) is 0. The van der Waals surface area contributed by atoms with Gasteiger partial charge < -0.3 is 5.11 Å². The molecule has 0 bridgehead atoms. The van der Waals surface area contributed by atoms with Crippen LogP contribution in [0.1, 0.15) is 32.6 Å². The lowest BCUT2D eigenvalue weighted by atomic mass is 10.2. The standard InChI is InChI=1S/C10H25N2O/c1-4-5-6-8-11-12(2,3)9-7-10-13/h11,13H,4-10H2,1-3H3/q+1. The predicted octanol–water partition coefficient (Wildman–Crippen LogP) is 1.14. The summed E-state index contributed by atoms with van der Waals surface area (Å²) in [5.41, 5.74) is 3.46. The van der Waals surface area contributed by atoms with Crippen LogP contribution in [0, 0.1) is 0 Å². The Bertz CT molecular complexity index is 115. The summed E-state index contributed by atoms with van der Waals surface area (Å²) in [5.74, 6) is 0. The van der Waals surface area contributed by atoms with Gasteiger partial charge in [0.15, 0.2) is 0 Å². The number of aliphatic hydroxyl groups excluding tert-OH is 1. The van der Waals surface area contributed by atoms with E-state index in [9.17, 15) is 0 Å². The van der Waals surface area contributed by atoms with Gasteiger partial charge in [-0.1, -0.05) is 19.8 Å². The molecule has 0 aromatic heterocycles. The molecule has 0 spiro atoms. The molecule has 0 saturated heterocycles. The van der Waals surface area contributed by atoms with E-state index in [0.717, 1.165) is 24.1 Å². The number of hydrogen-bond donors (Lipinski definition) is 2. The molecule has 2 N–H and O–H groups in total. The number of rotatable bonds is 8. The SMILES string of the molecule is CCCCCN[N+](C)(C)CCCO.